The lowest BCUT2D eigenvalue weighted by Gasteiger charge is -2.38. The summed E-state index contributed by atoms with van der Waals surface area (Å²) in [5.74, 6) is 1.32. The maximum atomic E-state index is 13.9. The monoisotopic (exact) mass is 452 g/mol. The highest BCUT2D eigenvalue weighted by atomic mass is 79.9. The van der Waals surface area contributed by atoms with Crippen LogP contribution in [0.5, 0.6) is 11.5 Å². The van der Waals surface area contributed by atoms with Crippen molar-refractivity contribution in [1.29, 1.82) is 0 Å². The van der Waals surface area contributed by atoms with Gasteiger partial charge in [0.2, 0.25) is 6.23 Å². The standard InChI is InChI=1S/C23H18BrFN2O2/c1-28-18-8-5-14(6-9-18)20-13-21-19-12-16(24)7-10-22(19)29-23(27(21)26-20)15-3-2-4-17(25)11-15/h2-12,21,23H,13H2,1H3. The van der Waals surface area contributed by atoms with Gasteiger partial charge in [-0.2, -0.15) is 5.10 Å². The van der Waals surface area contributed by atoms with Gasteiger partial charge in [-0.3, -0.25) is 0 Å². The number of halogens is 2. The van der Waals surface area contributed by atoms with Crippen molar-refractivity contribution in [3.8, 4) is 11.5 Å². The predicted molar refractivity (Wildman–Crippen MR) is 113 cm³/mol. The molecule has 0 fully saturated rings. The second-order valence-corrected chi connectivity index (χ2v) is 8.00. The van der Waals surface area contributed by atoms with Gasteiger partial charge in [-0.1, -0.05) is 28.1 Å². The molecule has 0 aromatic heterocycles. The molecule has 2 unspecified atom stereocenters. The van der Waals surface area contributed by atoms with Gasteiger partial charge in [0, 0.05) is 22.0 Å². The van der Waals surface area contributed by atoms with Gasteiger partial charge in [0.25, 0.3) is 0 Å². The van der Waals surface area contributed by atoms with E-state index < -0.39 is 6.23 Å². The van der Waals surface area contributed by atoms with Crippen molar-refractivity contribution in [2.24, 2.45) is 5.10 Å². The van der Waals surface area contributed by atoms with Crippen LogP contribution in [0.4, 0.5) is 4.39 Å². The number of hydrazone groups is 1. The lowest BCUT2D eigenvalue weighted by atomic mass is 9.96. The minimum Gasteiger partial charge on any atom is -0.497 e. The molecule has 0 radical (unpaired) electrons. The Kier molecular flexibility index (Phi) is 4.51. The molecule has 2 heterocycles. The van der Waals surface area contributed by atoms with Crippen LogP contribution in [0.1, 0.15) is 35.4 Å². The number of benzene rings is 3. The molecule has 2 aliphatic rings. The molecule has 3 aromatic rings. The second-order valence-electron chi connectivity index (χ2n) is 7.08. The minimum absolute atomic E-state index is 0.0154. The van der Waals surface area contributed by atoms with Crippen LogP contribution in [0.15, 0.2) is 76.3 Å². The quantitative estimate of drug-likeness (QED) is 0.500. The van der Waals surface area contributed by atoms with Crippen LogP contribution in [0.3, 0.4) is 0 Å². The van der Waals surface area contributed by atoms with Gasteiger partial charge in [0.15, 0.2) is 0 Å². The summed E-state index contributed by atoms with van der Waals surface area (Å²) in [5.41, 5.74) is 3.81. The van der Waals surface area contributed by atoms with E-state index in [1.54, 1.807) is 13.2 Å². The van der Waals surface area contributed by atoms with Gasteiger partial charge in [-0.25, -0.2) is 9.40 Å². The first-order valence-corrected chi connectivity index (χ1v) is 10.1. The molecular formula is C23H18BrFN2O2. The molecule has 4 nitrogen and oxygen atoms in total. The molecule has 146 valence electrons. The first kappa shape index (κ1) is 18.2. The fraction of sp³-hybridized carbons (Fsp3) is 0.174. The van der Waals surface area contributed by atoms with Crippen LogP contribution < -0.4 is 9.47 Å². The Bertz CT molecular complexity index is 1100. The van der Waals surface area contributed by atoms with E-state index in [4.69, 9.17) is 14.6 Å². The van der Waals surface area contributed by atoms with Gasteiger partial charge in [-0.05, 0) is 60.2 Å². The molecule has 29 heavy (non-hydrogen) atoms. The normalized spacial score (nSPS) is 19.8. The molecule has 0 N–H and O–H groups in total. The summed E-state index contributed by atoms with van der Waals surface area (Å²) in [5, 5.41) is 6.85. The number of fused-ring (bicyclic) bond motifs is 3. The number of hydrogen-bond donors (Lipinski definition) is 0. The first-order chi connectivity index (χ1) is 14.1. The van der Waals surface area contributed by atoms with Crippen LogP contribution in [-0.4, -0.2) is 17.8 Å². The molecule has 3 aromatic carbocycles. The van der Waals surface area contributed by atoms with Gasteiger partial charge < -0.3 is 9.47 Å². The van der Waals surface area contributed by atoms with Crippen molar-refractivity contribution in [2.45, 2.75) is 18.7 Å². The first-order valence-electron chi connectivity index (χ1n) is 9.34. The molecule has 2 atom stereocenters. The lowest BCUT2D eigenvalue weighted by Crippen LogP contribution is -2.33. The molecule has 5 rings (SSSR count). The lowest BCUT2D eigenvalue weighted by molar-refractivity contribution is -0.0192. The Labute approximate surface area is 176 Å². The van der Waals surface area contributed by atoms with Crippen molar-refractivity contribution in [1.82, 2.24) is 5.01 Å². The molecule has 0 spiro atoms. The van der Waals surface area contributed by atoms with Crippen molar-refractivity contribution >= 4 is 21.6 Å². The topological polar surface area (TPSA) is 34.1 Å². The maximum absolute atomic E-state index is 13.9. The van der Waals surface area contributed by atoms with Crippen molar-refractivity contribution in [3.05, 3.63) is 93.7 Å². The van der Waals surface area contributed by atoms with Gasteiger partial charge in [0.05, 0.1) is 18.9 Å². The van der Waals surface area contributed by atoms with Crippen molar-refractivity contribution in [3.63, 3.8) is 0 Å². The van der Waals surface area contributed by atoms with Gasteiger partial charge in [0.1, 0.15) is 17.3 Å². The van der Waals surface area contributed by atoms with E-state index in [2.05, 4.69) is 22.0 Å². The highest BCUT2D eigenvalue weighted by molar-refractivity contribution is 9.10. The molecule has 0 saturated carbocycles. The third kappa shape index (κ3) is 3.27. The van der Waals surface area contributed by atoms with E-state index in [-0.39, 0.29) is 11.9 Å². The maximum Gasteiger partial charge on any atom is 0.213 e. The zero-order valence-electron chi connectivity index (χ0n) is 15.7. The number of methoxy groups -OCH3 is 1. The van der Waals surface area contributed by atoms with Crippen LogP contribution >= 0.6 is 15.9 Å². The van der Waals surface area contributed by atoms with E-state index >= 15 is 0 Å². The summed E-state index contributed by atoms with van der Waals surface area (Å²) in [4.78, 5) is 0. The van der Waals surface area contributed by atoms with Gasteiger partial charge >= 0.3 is 0 Å². The summed E-state index contributed by atoms with van der Waals surface area (Å²) in [6, 6.07) is 20.4. The number of ether oxygens (including phenoxy) is 2. The third-order valence-corrected chi connectivity index (χ3v) is 5.80. The molecule has 6 heteroatoms. The van der Waals surface area contributed by atoms with Crippen LogP contribution in [0.2, 0.25) is 0 Å². The van der Waals surface area contributed by atoms with Crippen molar-refractivity contribution < 1.29 is 13.9 Å². The van der Waals surface area contributed by atoms with E-state index in [1.165, 1.54) is 12.1 Å². The zero-order valence-corrected chi connectivity index (χ0v) is 17.3. The third-order valence-electron chi connectivity index (χ3n) is 5.31. The van der Waals surface area contributed by atoms with Crippen LogP contribution in [-0.2, 0) is 0 Å². The van der Waals surface area contributed by atoms with E-state index in [0.29, 0.717) is 0 Å². The molecule has 0 saturated heterocycles. The Morgan fingerprint density at radius 2 is 1.93 bits per heavy atom. The van der Waals surface area contributed by atoms with Gasteiger partial charge in [-0.15, -0.1) is 0 Å². The smallest absolute Gasteiger partial charge is 0.213 e. The largest absolute Gasteiger partial charge is 0.497 e. The molecule has 0 aliphatic carbocycles. The molecule has 0 bridgehead atoms. The molecule has 2 aliphatic heterocycles. The van der Waals surface area contributed by atoms with Crippen LogP contribution in [0.25, 0.3) is 0 Å². The summed E-state index contributed by atoms with van der Waals surface area (Å²) in [6.07, 6.45) is 0.255. The summed E-state index contributed by atoms with van der Waals surface area (Å²) in [7, 11) is 1.65. The second kappa shape index (κ2) is 7.19. The Morgan fingerprint density at radius 1 is 1.10 bits per heavy atom. The average Bonchev–Trinajstić information content (AvgIpc) is 3.19. The number of rotatable bonds is 3. The Morgan fingerprint density at radius 3 is 2.69 bits per heavy atom. The molecule has 0 amide bonds. The number of hydrogen-bond acceptors (Lipinski definition) is 4. The van der Waals surface area contributed by atoms with Crippen LogP contribution in [0, 0.1) is 5.82 Å². The van der Waals surface area contributed by atoms with E-state index in [1.807, 2.05) is 47.5 Å². The SMILES string of the molecule is COc1ccc(C2=NN3C(C2)c2cc(Br)ccc2OC3c2cccc(F)c2)cc1. The van der Waals surface area contributed by atoms with Crippen molar-refractivity contribution in [2.75, 3.05) is 7.11 Å². The van der Waals surface area contributed by atoms with E-state index in [0.717, 1.165) is 44.8 Å². The average molecular weight is 453 g/mol. The Hall–Kier alpha value is -2.86. The summed E-state index contributed by atoms with van der Waals surface area (Å²) < 4.78 is 26.4. The number of nitrogens with zero attached hydrogens (tertiary/aromatic N) is 2. The Balaban J connectivity index is 1.58. The molecular weight excluding hydrogens is 435 g/mol. The minimum atomic E-state index is -0.486. The zero-order chi connectivity index (χ0) is 20.0. The van der Waals surface area contributed by atoms with E-state index in [9.17, 15) is 4.39 Å². The summed E-state index contributed by atoms with van der Waals surface area (Å²) in [6.45, 7) is 0. The highest BCUT2D eigenvalue weighted by Gasteiger charge is 2.41. The summed E-state index contributed by atoms with van der Waals surface area (Å²) >= 11 is 3.56. The highest BCUT2D eigenvalue weighted by Crippen LogP contribution is 2.48. The fourth-order valence-corrected chi connectivity index (χ4v) is 4.27. The fourth-order valence-electron chi connectivity index (χ4n) is 3.90. The predicted octanol–water partition coefficient (Wildman–Crippen LogP) is 5.84.